The minimum atomic E-state index is -0.143. The van der Waals surface area contributed by atoms with E-state index in [0.29, 0.717) is 6.54 Å². The van der Waals surface area contributed by atoms with Crippen LogP contribution in [-0.4, -0.2) is 27.8 Å². The molecule has 0 amide bonds. The van der Waals surface area contributed by atoms with Crippen molar-refractivity contribution in [2.45, 2.75) is 6.04 Å². The normalized spacial score (nSPS) is 11.8. The molecule has 0 fully saturated rings. The fourth-order valence-electron chi connectivity index (χ4n) is 2.31. The minimum absolute atomic E-state index is 0.143. The van der Waals surface area contributed by atoms with Crippen LogP contribution >= 0.6 is 0 Å². The maximum absolute atomic E-state index is 6.34. The summed E-state index contributed by atoms with van der Waals surface area (Å²) in [5.74, 6) is 1.52. The number of hydrogen-bond acceptors (Lipinski definition) is 4. The largest absolute Gasteiger partial charge is 0.497 e. The first-order valence-corrected chi connectivity index (χ1v) is 6.89. The molecule has 2 aromatic carbocycles. The molecule has 4 heteroatoms. The Labute approximate surface area is 126 Å². The number of rotatable bonds is 6. The summed E-state index contributed by atoms with van der Waals surface area (Å²) >= 11 is 0. The molecule has 112 valence electrons. The van der Waals surface area contributed by atoms with E-state index < -0.39 is 0 Å². The fourth-order valence-corrected chi connectivity index (χ4v) is 2.31. The Morgan fingerprint density at radius 2 is 1.76 bits per heavy atom. The Kier molecular flexibility index (Phi) is 5.06. The number of nitrogens with zero attached hydrogens (tertiary/aromatic N) is 1. The second-order valence-corrected chi connectivity index (χ2v) is 4.93. The third-order valence-corrected chi connectivity index (χ3v) is 3.51. The van der Waals surface area contributed by atoms with E-state index in [1.54, 1.807) is 14.2 Å². The van der Waals surface area contributed by atoms with Crippen molar-refractivity contribution in [2.75, 3.05) is 32.7 Å². The van der Waals surface area contributed by atoms with Crippen molar-refractivity contribution < 1.29 is 9.47 Å². The summed E-state index contributed by atoms with van der Waals surface area (Å²) < 4.78 is 10.6. The van der Waals surface area contributed by atoms with Crippen molar-refractivity contribution in [1.29, 1.82) is 0 Å². The topological polar surface area (TPSA) is 47.7 Å². The molecule has 1 atom stereocenters. The lowest BCUT2D eigenvalue weighted by Crippen LogP contribution is -2.29. The van der Waals surface area contributed by atoms with Gasteiger partial charge < -0.3 is 20.1 Å². The van der Waals surface area contributed by atoms with Crippen LogP contribution in [0.25, 0.3) is 0 Å². The Hall–Kier alpha value is -2.20. The Bertz CT molecular complexity index is 572. The van der Waals surface area contributed by atoms with Crippen molar-refractivity contribution in [3.8, 4) is 11.5 Å². The molecule has 0 radical (unpaired) electrons. The monoisotopic (exact) mass is 286 g/mol. The molecule has 0 aliphatic heterocycles. The average Bonchev–Trinajstić information content (AvgIpc) is 2.54. The zero-order valence-corrected chi connectivity index (χ0v) is 12.7. The van der Waals surface area contributed by atoms with E-state index in [9.17, 15) is 0 Å². The van der Waals surface area contributed by atoms with Gasteiger partial charge in [-0.3, -0.25) is 0 Å². The van der Waals surface area contributed by atoms with Gasteiger partial charge in [0, 0.05) is 30.9 Å². The lowest BCUT2D eigenvalue weighted by atomic mass is 10.1. The minimum Gasteiger partial charge on any atom is -0.497 e. The first-order chi connectivity index (χ1) is 10.2. The highest BCUT2D eigenvalue weighted by molar-refractivity contribution is 5.47. The predicted molar refractivity (Wildman–Crippen MR) is 86.2 cm³/mol. The molecular weight excluding hydrogens is 264 g/mol. The highest BCUT2D eigenvalue weighted by Crippen LogP contribution is 2.29. The number of hydrogen-bond donors (Lipinski definition) is 1. The maximum atomic E-state index is 6.34. The van der Waals surface area contributed by atoms with Gasteiger partial charge in [-0.25, -0.2) is 0 Å². The molecule has 1 unspecified atom stereocenters. The van der Waals surface area contributed by atoms with Gasteiger partial charge in [0.25, 0.3) is 0 Å². The lowest BCUT2D eigenvalue weighted by Gasteiger charge is -2.24. The van der Waals surface area contributed by atoms with Crippen LogP contribution in [0.3, 0.4) is 0 Å². The molecule has 0 saturated heterocycles. The van der Waals surface area contributed by atoms with Crippen molar-refractivity contribution in [1.82, 2.24) is 0 Å². The second-order valence-electron chi connectivity index (χ2n) is 4.93. The zero-order chi connectivity index (χ0) is 15.2. The first kappa shape index (κ1) is 15.2. The van der Waals surface area contributed by atoms with Crippen LogP contribution in [0.5, 0.6) is 11.5 Å². The van der Waals surface area contributed by atoms with Crippen LogP contribution < -0.4 is 20.1 Å². The predicted octanol–water partition coefficient (Wildman–Crippen LogP) is 2.84. The number of nitrogens with two attached hydrogens (primary N) is 1. The maximum Gasteiger partial charge on any atom is 0.127 e. The Morgan fingerprint density at radius 1 is 1.05 bits per heavy atom. The average molecular weight is 286 g/mol. The van der Waals surface area contributed by atoms with Gasteiger partial charge >= 0.3 is 0 Å². The van der Waals surface area contributed by atoms with E-state index in [0.717, 1.165) is 22.7 Å². The second kappa shape index (κ2) is 6.99. The van der Waals surface area contributed by atoms with Crippen molar-refractivity contribution in [3.63, 3.8) is 0 Å². The number of likely N-dealkylation sites (N-methyl/N-ethyl adjacent to an activating group) is 1. The quantitative estimate of drug-likeness (QED) is 0.887. The molecule has 0 heterocycles. The summed E-state index contributed by atoms with van der Waals surface area (Å²) in [7, 11) is 5.31. The van der Waals surface area contributed by atoms with Crippen molar-refractivity contribution in [3.05, 3.63) is 54.1 Å². The summed E-state index contributed by atoms with van der Waals surface area (Å²) in [6.45, 7) is 0.701. The molecule has 2 N–H and O–H groups in total. The van der Waals surface area contributed by atoms with Crippen LogP contribution in [0.15, 0.2) is 48.5 Å². The smallest absolute Gasteiger partial charge is 0.127 e. The van der Waals surface area contributed by atoms with Gasteiger partial charge in [0.05, 0.1) is 20.3 Å². The summed E-state index contributed by atoms with van der Waals surface area (Å²) in [4.78, 5) is 2.13. The van der Waals surface area contributed by atoms with Gasteiger partial charge in [-0.05, 0) is 18.2 Å². The van der Waals surface area contributed by atoms with E-state index >= 15 is 0 Å². The number of anilines is 1. The van der Waals surface area contributed by atoms with Crippen LogP contribution in [0.2, 0.25) is 0 Å². The summed E-state index contributed by atoms with van der Waals surface area (Å²) in [6.07, 6.45) is 0. The van der Waals surface area contributed by atoms with Gasteiger partial charge in [0.2, 0.25) is 0 Å². The lowest BCUT2D eigenvalue weighted by molar-refractivity contribution is 0.388. The summed E-state index contributed by atoms with van der Waals surface area (Å²) in [5, 5.41) is 0. The van der Waals surface area contributed by atoms with E-state index in [2.05, 4.69) is 17.0 Å². The van der Waals surface area contributed by atoms with E-state index in [-0.39, 0.29) is 6.04 Å². The number of para-hydroxylation sites is 1. The fraction of sp³-hybridized carbons (Fsp3) is 0.294. The highest BCUT2D eigenvalue weighted by atomic mass is 16.5. The number of methoxy groups -OCH3 is 2. The van der Waals surface area contributed by atoms with Crippen LogP contribution in [0.1, 0.15) is 11.6 Å². The van der Waals surface area contributed by atoms with Crippen LogP contribution in [0, 0.1) is 0 Å². The highest BCUT2D eigenvalue weighted by Gasteiger charge is 2.15. The standard InChI is InChI=1S/C17H22N2O2/c1-19(13-7-5-4-6-8-13)12-16(18)15-10-9-14(20-2)11-17(15)21-3/h4-11,16H,12,18H2,1-3H3. The van der Waals surface area contributed by atoms with Crippen LogP contribution in [-0.2, 0) is 0 Å². The third kappa shape index (κ3) is 3.67. The van der Waals surface area contributed by atoms with Crippen LogP contribution in [0.4, 0.5) is 5.69 Å². The SMILES string of the molecule is COc1ccc(C(N)CN(C)c2ccccc2)c(OC)c1. The number of benzene rings is 2. The summed E-state index contributed by atoms with van der Waals surface area (Å²) in [5.41, 5.74) is 8.45. The Balaban J connectivity index is 2.14. The van der Waals surface area contributed by atoms with Gasteiger partial charge in [0.1, 0.15) is 11.5 Å². The van der Waals surface area contributed by atoms with E-state index in [1.165, 1.54) is 0 Å². The molecule has 0 aliphatic rings. The first-order valence-electron chi connectivity index (χ1n) is 6.89. The van der Waals surface area contributed by atoms with E-state index in [4.69, 9.17) is 15.2 Å². The van der Waals surface area contributed by atoms with Gasteiger partial charge in [-0.2, -0.15) is 0 Å². The van der Waals surface area contributed by atoms with Gasteiger partial charge in [-0.1, -0.05) is 24.3 Å². The molecule has 0 saturated carbocycles. The molecule has 0 bridgehead atoms. The molecular formula is C17H22N2O2. The third-order valence-electron chi connectivity index (χ3n) is 3.51. The number of ether oxygens (including phenoxy) is 2. The van der Waals surface area contributed by atoms with Crippen molar-refractivity contribution in [2.24, 2.45) is 5.73 Å². The molecule has 0 aromatic heterocycles. The molecule has 0 spiro atoms. The molecule has 21 heavy (non-hydrogen) atoms. The van der Waals surface area contributed by atoms with Crippen molar-refractivity contribution >= 4 is 5.69 Å². The molecule has 0 aliphatic carbocycles. The zero-order valence-electron chi connectivity index (χ0n) is 12.7. The summed E-state index contributed by atoms with van der Waals surface area (Å²) in [6, 6.07) is 15.8. The molecule has 2 aromatic rings. The van der Waals surface area contributed by atoms with Gasteiger partial charge in [-0.15, -0.1) is 0 Å². The van der Waals surface area contributed by atoms with Gasteiger partial charge in [0.15, 0.2) is 0 Å². The molecule has 2 rings (SSSR count). The Morgan fingerprint density at radius 3 is 2.38 bits per heavy atom. The van der Waals surface area contributed by atoms with E-state index in [1.807, 2.05) is 43.4 Å². The molecule has 4 nitrogen and oxygen atoms in total.